The summed E-state index contributed by atoms with van der Waals surface area (Å²) in [5.74, 6) is 0.00540. The summed E-state index contributed by atoms with van der Waals surface area (Å²) in [6, 6.07) is 16.6. The van der Waals surface area contributed by atoms with Crippen molar-refractivity contribution in [3.8, 4) is 5.75 Å². The fraction of sp³-hybridized carbons (Fsp3) is 0.136. The van der Waals surface area contributed by atoms with E-state index in [0.717, 1.165) is 15.6 Å². The maximum absolute atomic E-state index is 12.8. The van der Waals surface area contributed by atoms with Crippen LogP contribution in [0.2, 0.25) is 0 Å². The molecule has 0 saturated carbocycles. The third-order valence-corrected chi connectivity index (χ3v) is 6.22. The van der Waals surface area contributed by atoms with Crippen LogP contribution >= 0.6 is 15.9 Å². The molecule has 3 aromatic carbocycles. The Morgan fingerprint density at radius 2 is 1.57 bits per heavy atom. The Kier molecular flexibility index (Phi) is 6.48. The molecule has 0 aliphatic carbocycles. The predicted molar refractivity (Wildman–Crippen MR) is 122 cm³/mol. The number of anilines is 2. The zero-order valence-corrected chi connectivity index (χ0v) is 19.1. The fourth-order valence-electron chi connectivity index (χ4n) is 2.98. The molecule has 156 valence electrons. The second kappa shape index (κ2) is 8.89. The van der Waals surface area contributed by atoms with Crippen LogP contribution in [-0.2, 0) is 10.0 Å². The molecule has 0 unspecified atom stereocenters. The average molecular weight is 489 g/mol. The van der Waals surface area contributed by atoms with Crippen molar-refractivity contribution in [2.45, 2.75) is 18.7 Å². The minimum Gasteiger partial charge on any atom is -0.495 e. The molecule has 0 atom stereocenters. The van der Waals surface area contributed by atoms with Gasteiger partial charge in [0.1, 0.15) is 5.75 Å². The maximum Gasteiger partial charge on any atom is 0.261 e. The van der Waals surface area contributed by atoms with E-state index in [1.165, 1.54) is 25.3 Å². The van der Waals surface area contributed by atoms with Crippen molar-refractivity contribution >= 4 is 43.2 Å². The first-order chi connectivity index (χ1) is 14.2. The third-order valence-electron chi connectivity index (χ3n) is 4.31. The summed E-state index contributed by atoms with van der Waals surface area (Å²) in [7, 11) is -2.41. The van der Waals surface area contributed by atoms with Crippen molar-refractivity contribution in [1.82, 2.24) is 0 Å². The number of hydrogen-bond donors (Lipinski definition) is 2. The van der Waals surface area contributed by atoms with E-state index in [1.807, 2.05) is 19.9 Å². The molecule has 8 heteroatoms. The number of ether oxygens (including phenoxy) is 1. The molecule has 30 heavy (non-hydrogen) atoms. The molecule has 0 saturated heterocycles. The Bertz CT molecular complexity index is 1170. The number of nitrogens with one attached hydrogen (secondary N) is 2. The van der Waals surface area contributed by atoms with Gasteiger partial charge in [0.25, 0.3) is 15.9 Å². The summed E-state index contributed by atoms with van der Waals surface area (Å²) in [6.07, 6.45) is 0. The number of aryl methyl sites for hydroxylation is 2. The molecule has 0 aliphatic rings. The molecule has 3 rings (SSSR count). The molecule has 1 amide bonds. The Balaban J connectivity index is 1.91. The minimum atomic E-state index is -3.86. The van der Waals surface area contributed by atoms with Gasteiger partial charge in [0.2, 0.25) is 0 Å². The Hall–Kier alpha value is -2.84. The van der Waals surface area contributed by atoms with Crippen LogP contribution < -0.4 is 14.8 Å². The van der Waals surface area contributed by atoms with E-state index in [-0.39, 0.29) is 16.5 Å². The summed E-state index contributed by atoms with van der Waals surface area (Å²) in [5, 5.41) is 2.75. The zero-order valence-electron chi connectivity index (χ0n) is 16.7. The lowest BCUT2D eigenvalue weighted by Gasteiger charge is -2.14. The van der Waals surface area contributed by atoms with Crippen LogP contribution in [0.3, 0.4) is 0 Å². The Labute approximate surface area is 184 Å². The molecule has 0 fully saturated rings. The summed E-state index contributed by atoms with van der Waals surface area (Å²) in [6.45, 7) is 3.82. The lowest BCUT2D eigenvalue weighted by Crippen LogP contribution is -2.16. The first kappa shape index (κ1) is 21.9. The van der Waals surface area contributed by atoms with Crippen molar-refractivity contribution in [2.24, 2.45) is 0 Å². The molecule has 0 aliphatic heterocycles. The Morgan fingerprint density at radius 3 is 2.17 bits per heavy atom. The monoisotopic (exact) mass is 488 g/mol. The zero-order chi connectivity index (χ0) is 21.9. The largest absolute Gasteiger partial charge is 0.495 e. The van der Waals surface area contributed by atoms with E-state index in [9.17, 15) is 13.2 Å². The number of hydrogen-bond acceptors (Lipinski definition) is 4. The molecule has 0 bridgehead atoms. The van der Waals surface area contributed by atoms with Crippen molar-refractivity contribution < 1.29 is 17.9 Å². The first-order valence-corrected chi connectivity index (χ1v) is 11.3. The molecule has 0 radical (unpaired) electrons. The van der Waals surface area contributed by atoms with E-state index < -0.39 is 10.0 Å². The van der Waals surface area contributed by atoms with Crippen molar-refractivity contribution in [1.29, 1.82) is 0 Å². The van der Waals surface area contributed by atoms with Gasteiger partial charge in [0.15, 0.2) is 0 Å². The maximum atomic E-state index is 12.8. The second-order valence-electron chi connectivity index (χ2n) is 6.80. The van der Waals surface area contributed by atoms with Crippen LogP contribution in [0.1, 0.15) is 21.5 Å². The molecule has 0 heterocycles. The van der Waals surface area contributed by atoms with E-state index in [1.54, 1.807) is 36.4 Å². The van der Waals surface area contributed by atoms with Gasteiger partial charge >= 0.3 is 0 Å². The summed E-state index contributed by atoms with van der Waals surface area (Å²) < 4.78 is 34.3. The first-order valence-electron chi connectivity index (χ1n) is 9.04. The number of carbonyl (C=O) groups is 1. The van der Waals surface area contributed by atoms with Gasteiger partial charge in [0, 0.05) is 15.7 Å². The van der Waals surface area contributed by atoms with E-state index in [0.29, 0.717) is 17.0 Å². The highest BCUT2D eigenvalue weighted by atomic mass is 79.9. The van der Waals surface area contributed by atoms with E-state index in [2.05, 4.69) is 26.0 Å². The van der Waals surface area contributed by atoms with Crippen LogP contribution in [0.25, 0.3) is 0 Å². The van der Waals surface area contributed by atoms with Crippen LogP contribution in [-0.4, -0.2) is 21.4 Å². The summed E-state index contributed by atoms with van der Waals surface area (Å²) in [5.41, 5.74) is 3.09. The molecule has 6 nitrogen and oxygen atoms in total. The molecule has 2 N–H and O–H groups in total. The average Bonchev–Trinajstić information content (AvgIpc) is 2.68. The summed E-state index contributed by atoms with van der Waals surface area (Å²) >= 11 is 3.32. The van der Waals surface area contributed by atoms with Crippen molar-refractivity contribution in [3.63, 3.8) is 0 Å². The van der Waals surface area contributed by atoms with Crippen LogP contribution in [0.5, 0.6) is 5.75 Å². The molecule has 0 aromatic heterocycles. The van der Waals surface area contributed by atoms with E-state index >= 15 is 0 Å². The lowest BCUT2D eigenvalue weighted by molar-refractivity contribution is 0.102. The van der Waals surface area contributed by atoms with Gasteiger partial charge in [-0.25, -0.2) is 8.42 Å². The van der Waals surface area contributed by atoms with Gasteiger partial charge in [-0.15, -0.1) is 0 Å². The van der Waals surface area contributed by atoms with Gasteiger partial charge in [0.05, 0.1) is 17.7 Å². The number of rotatable bonds is 6. The predicted octanol–water partition coefficient (Wildman–Crippen LogP) is 5.13. The number of sulfonamides is 1. The smallest absolute Gasteiger partial charge is 0.261 e. The minimum absolute atomic E-state index is 0.00180. The molecular formula is C22H21BrN2O4S. The molecule has 0 spiro atoms. The normalized spacial score (nSPS) is 11.1. The van der Waals surface area contributed by atoms with E-state index in [4.69, 9.17) is 4.74 Å². The highest BCUT2D eigenvalue weighted by Gasteiger charge is 2.18. The van der Waals surface area contributed by atoms with Gasteiger partial charge in [-0.2, -0.15) is 0 Å². The van der Waals surface area contributed by atoms with Crippen LogP contribution in [0, 0.1) is 13.8 Å². The number of benzene rings is 3. The number of halogens is 1. The van der Waals surface area contributed by atoms with Crippen molar-refractivity contribution in [2.75, 3.05) is 17.1 Å². The summed E-state index contributed by atoms with van der Waals surface area (Å²) in [4.78, 5) is 12.7. The standard InChI is InChI=1S/C22H21BrN2O4S/c1-14-10-15(2)12-16(11-14)22(26)24-20-13-19(8-9-21(20)29-3)30(27,28)25-18-6-4-17(23)5-7-18/h4-13,25H,1-3H3,(H,24,26). The molecular weight excluding hydrogens is 468 g/mol. The number of amides is 1. The quantitative estimate of drug-likeness (QED) is 0.503. The van der Waals surface area contributed by atoms with Crippen LogP contribution in [0.15, 0.2) is 70.0 Å². The fourth-order valence-corrected chi connectivity index (χ4v) is 4.33. The highest BCUT2D eigenvalue weighted by molar-refractivity contribution is 9.10. The van der Waals surface area contributed by atoms with Gasteiger partial charge < -0.3 is 10.1 Å². The SMILES string of the molecule is COc1ccc(S(=O)(=O)Nc2ccc(Br)cc2)cc1NC(=O)c1cc(C)cc(C)c1. The van der Waals surface area contributed by atoms with Crippen molar-refractivity contribution in [3.05, 3.63) is 81.8 Å². The van der Waals surface area contributed by atoms with Gasteiger partial charge in [-0.3, -0.25) is 9.52 Å². The van der Waals surface area contributed by atoms with Crippen LogP contribution in [0.4, 0.5) is 11.4 Å². The second-order valence-corrected chi connectivity index (χ2v) is 9.40. The molecule has 3 aromatic rings. The highest BCUT2D eigenvalue weighted by Crippen LogP contribution is 2.29. The Morgan fingerprint density at radius 1 is 0.933 bits per heavy atom. The van der Waals surface area contributed by atoms with Gasteiger partial charge in [-0.05, 0) is 68.4 Å². The number of methoxy groups -OCH3 is 1. The van der Waals surface area contributed by atoms with Gasteiger partial charge in [-0.1, -0.05) is 33.1 Å². The topological polar surface area (TPSA) is 84.5 Å². The number of carbonyl (C=O) groups excluding carboxylic acids is 1. The lowest BCUT2D eigenvalue weighted by atomic mass is 10.1. The third kappa shape index (κ3) is 5.20.